The first-order valence-corrected chi connectivity index (χ1v) is 13.4. The van der Waals surface area contributed by atoms with Crippen LogP contribution in [0.25, 0.3) is 0 Å². The van der Waals surface area contributed by atoms with Crippen LogP contribution in [0.15, 0.2) is 96.1 Å². The van der Waals surface area contributed by atoms with Crippen molar-refractivity contribution in [3.8, 4) is 0 Å². The molecule has 200 valence electrons. The number of amides is 3. The van der Waals surface area contributed by atoms with E-state index < -0.39 is 5.60 Å². The highest BCUT2D eigenvalue weighted by Gasteiger charge is 2.50. The third kappa shape index (κ3) is 5.43. The van der Waals surface area contributed by atoms with Gasteiger partial charge in [-0.3, -0.25) is 4.79 Å². The number of anilines is 1. The van der Waals surface area contributed by atoms with Gasteiger partial charge in [0.25, 0.3) is 5.91 Å². The molecule has 2 aliphatic heterocycles. The lowest BCUT2D eigenvalue weighted by Gasteiger charge is -2.37. The van der Waals surface area contributed by atoms with Gasteiger partial charge in [-0.05, 0) is 48.1 Å². The van der Waals surface area contributed by atoms with Crippen molar-refractivity contribution >= 4 is 23.6 Å². The van der Waals surface area contributed by atoms with Gasteiger partial charge in [-0.15, -0.1) is 0 Å². The van der Waals surface area contributed by atoms with E-state index in [0.717, 1.165) is 16.7 Å². The van der Waals surface area contributed by atoms with E-state index in [9.17, 15) is 14.4 Å². The smallest absolute Gasteiger partial charge is 0.335 e. The molecule has 1 unspecified atom stereocenters. The Morgan fingerprint density at radius 2 is 1.62 bits per heavy atom. The zero-order chi connectivity index (χ0) is 27.4. The summed E-state index contributed by atoms with van der Waals surface area (Å²) in [6, 6.07) is 26.0. The van der Waals surface area contributed by atoms with E-state index in [0.29, 0.717) is 42.8 Å². The predicted molar refractivity (Wildman–Crippen MR) is 150 cm³/mol. The van der Waals surface area contributed by atoms with Crippen LogP contribution in [0.1, 0.15) is 48.2 Å². The van der Waals surface area contributed by atoms with Crippen LogP contribution < -0.4 is 10.6 Å². The first-order chi connectivity index (χ1) is 18.9. The molecule has 0 fully saturated rings. The minimum absolute atomic E-state index is 0.210. The quantitative estimate of drug-likeness (QED) is 0.392. The number of rotatable bonds is 7. The van der Waals surface area contributed by atoms with Gasteiger partial charge in [-0.25, -0.2) is 9.59 Å². The minimum atomic E-state index is -0.866. The van der Waals surface area contributed by atoms with Gasteiger partial charge in [0, 0.05) is 42.0 Å². The number of urea groups is 1. The van der Waals surface area contributed by atoms with Gasteiger partial charge in [0.2, 0.25) is 0 Å². The Labute approximate surface area is 228 Å². The molecule has 1 atom stereocenters. The van der Waals surface area contributed by atoms with Crippen LogP contribution in [0.2, 0.25) is 0 Å². The number of benzene rings is 3. The molecule has 2 N–H and O–H groups in total. The summed E-state index contributed by atoms with van der Waals surface area (Å²) < 4.78 is 6.13. The van der Waals surface area contributed by atoms with E-state index in [-0.39, 0.29) is 30.4 Å². The summed E-state index contributed by atoms with van der Waals surface area (Å²) in [4.78, 5) is 40.7. The number of carbonyl (C=O) groups is 3. The number of nitrogens with one attached hydrogen (secondary N) is 2. The first kappa shape index (κ1) is 26.2. The standard InChI is InChI=1S/C32H33N3O4/c1-22(2)19-32(25-14-7-4-8-15-25)27-21-35(18-17-26(27)30(37)39-32)31(38)33-20-24-13-9-10-16-28(24)34-29(36)23-11-5-3-6-12-23/h3-16,22H,17-21H2,1-2H3,(H,33,38)(H,34,36). The molecule has 0 aliphatic carbocycles. The number of hydrogen-bond donors (Lipinski definition) is 2. The Balaban J connectivity index is 1.31. The van der Waals surface area contributed by atoms with E-state index in [4.69, 9.17) is 4.74 Å². The van der Waals surface area contributed by atoms with E-state index >= 15 is 0 Å². The van der Waals surface area contributed by atoms with Crippen LogP contribution in [0.4, 0.5) is 10.5 Å². The normalized spacial score (nSPS) is 18.5. The highest BCUT2D eigenvalue weighted by molar-refractivity contribution is 6.04. The number of nitrogens with zero attached hydrogens (tertiary/aromatic N) is 1. The molecule has 3 amide bonds. The zero-order valence-electron chi connectivity index (χ0n) is 22.3. The minimum Gasteiger partial charge on any atom is -0.446 e. The number of para-hydroxylation sites is 1. The van der Waals surface area contributed by atoms with Gasteiger partial charge in [-0.2, -0.15) is 0 Å². The highest BCUT2D eigenvalue weighted by Crippen LogP contribution is 2.48. The van der Waals surface area contributed by atoms with Gasteiger partial charge >= 0.3 is 12.0 Å². The Hall–Kier alpha value is -4.39. The predicted octanol–water partition coefficient (Wildman–Crippen LogP) is 5.65. The molecule has 0 aromatic heterocycles. The third-order valence-corrected chi connectivity index (χ3v) is 7.30. The lowest BCUT2D eigenvalue weighted by molar-refractivity contribution is -0.149. The van der Waals surface area contributed by atoms with E-state index in [1.165, 1.54) is 0 Å². The average Bonchev–Trinajstić information content (AvgIpc) is 3.24. The molecule has 7 nitrogen and oxygen atoms in total. The van der Waals surface area contributed by atoms with Crippen LogP contribution >= 0.6 is 0 Å². The summed E-state index contributed by atoms with van der Waals surface area (Å²) in [5, 5.41) is 5.96. The first-order valence-electron chi connectivity index (χ1n) is 13.4. The second-order valence-electron chi connectivity index (χ2n) is 10.4. The average molecular weight is 524 g/mol. The van der Waals surface area contributed by atoms with Crippen molar-refractivity contribution in [3.05, 3.63) is 113 Å². The molecular formula is C32H33N3O4. The molecule has 0 saturated carbocycles. The van der Waals surface area contributed by atoms with Crippen molar-refractivity contribution in [1.29, 1.82) is 0 Å². The van der Waals surface area contributed by atoms with Crippen LogP contribution in [-0.2, 0) is 21.7 Å². The molecule has 0 spiro atoms. The monoisotopic (exact) mass is 523 g/mol. The topological polar surface area (TPSA) is 87.7 Å². The molecule has 2 aliphatic rings. The maximum atomic E-state index is 13.3. The van der Waals surface area contributed by atoms with Crippen molar-refractivity contribution in [2.24, 2.45) is 5.92 Å². The lowest BCUT2D eigenvalue weighted by atomic mass is 9.77. The van der Waals surface area contributed by atoms with Crippen molar-refractivity contribution in [2.45, 2.75) is 38.8 Å². The fourth-order valence-corrected chi connectivity index (χ4v) is 5.48. The molecule has 3 aromatic carbocycles. The van der Waals surface area contributed by atoms with Crippen molar-refractivity contribution in [1.82, 2.24) is 10.2 Å². The number of ether oxygens (including phenoxy) is 1. The summed E-state index contributed by atoms with van der Waals surface area (Å²) in [6.45, 7) is 5.22. The Bertz CT molecular complexity index is 1400. The molecule has 7 heteroatoms. The third-order valence-electron chi connectivity index (χ3n) is 7.30. The summed E-state index contributed by atoms with van der Waals surface area (Å²) in [6.07, 6.45) is 1.10. The highest BCUT2D eigenvalue weighted by atomic mass is 16.6. The second-order valence-corrected chi connectivity index (χ2v) is 10.4. The lowest BCUT2D eigenvalue weighted by Crippen LogP contribution is -2.46. The largest absolute Gasteiger partial charge is 0.446 e. The van der Waals surface area contributed by atoms with Crippen molar-refractivity contribution in [3.63, 3.8) is 0 Å². The maximum Gasteiger partial charge on any atom is 0.335 e. The summed E-state index contributed by atoms with van der Waals surface area (Å²) >= 11 is 0. The Morgan fingerprint density at radius 3 is 2.33 bits per heavy atom. The van der Waals surface area contributed by atoms with Crippen LogP contribution in [0.5, 0.6) is 0 Å². The number of hydrogen-bond acceptors (Lipinski definition) is 4. The Kier molecular flexibility index (Phi) is 7.50. The van der Waals surface area contributed by atoms with Gasteiger partial charge in [0.1, 0.15) is 0 Å². The molecule has 0 radical (unpaired) electrons. The molecule has 5 rings (SSSR count). The van der Waals surface area contributed by atoms with E-state index in [1.807, 2.05) is 72.8 Å². The molecular weight excluding hydrogens is 490 g/mol. The zero-order valence-corrected chi connectivity index (χ0v) is 22.3. The molecule has 2 heterocycles. The fraction of sp³-hybridized carbons (Fsp3) is 0.281. The second kappa shape index (κ2) is 11.2. The molecule has 0 bridgehead atoms. The molecule has 3 aromatic rings. The number of carbonyl (C=O) groups excluding carboxylic acids is 3. The van der Waals surface area contributed by atoms with Crippen LogP contribution in [0.3, 0.4) is 0 Å². The maximum absolute atomic E-state index is 13.3. The summed E-state index contributed by atoms with van der Waals surface area (Å²) in [5.74, 6) is -0.215. The fourth-order valence-electron chi connectivity index (χ4n) is 5.48. The molecule has 0 saturated heterocycles. The summed E-state index contributed by atoms with van der Waals surface area (Å²) in [7, 11) is 0. The number of cyclic esters (lactones) is 1. The SMILES string of the molecule is CC(C)CC1(c2ccccc2)OC(=O)C2=C1CN(C(=O)NCc1ccccc1NC(=O)c1ccccc1)CC2. The van der Waals surface area contributed by atoms with Gasteiger partial charge in [0.15, 0.2) is 5.60 Å². The van der Waals surface area contributed by atoms with E-state index in [2.05, 4.69) is 24.5 Å². The molecule has 39 heavy (non-hydrogen) atoms. The Morgan fingerprint density at radius 1 is 0.949 bits per heavy atom. The van der Waals surface area contributed by atoms with Gasteiger partial charge < -0.3 is 20.3 Å². The van der Waals surface area contributed by atoms with Crippen LogP contribution in [-0.4, -0.2) is 35.9 Å². The van der Waals surface area contributed by atoms with Gasteiger partial charge in [-0.1, -0.05) is 80.6 Å². The van der Waals surface area contributed by atoms with Crippen molar-refractivity contribution in [2.75, 3.05) is 18.4 Å². The summed E-state index contributed by atoms with van der Waals surface area (Å²) in [5.41, 5.74) is 3.64. The van der Waals surface area contributed by atoms with Crippen LogP contribution in [0, 0.1) is 5.92 Å². The van der Waals surface area contributed by atoms with Gasteiger partial charge in [0.05, 0.1) is 0 Å². The van der Waals surface area contributed by atoms with Crippen molar-refractivity contribution < 1.29 is 19.1 Å². The number of esters is 1. The van der Waals surface area contributed by atoms with E-state index in [1.54, 1.807) is 17.0 Å².